The van der Waals surface area contributed by atoms with Crippen molar-refractivity contribution in [3.8, 4) is 5.75 Å². The second-order valence-electron chi connectivity index (χ2n) is 3.34. The van der Waals surface area contributed by atoms with Crippen LogP contribution in [0.2, 0.25) is 0 Å². The molecule has 0 fully saturated rings. The summed E-state index contributed by atoms with van der Waals surface area (Å²) in [5.41, 5.74) is 2.33. The van der Waals surface area contributed by atoms with Crippen LogP contribution in [0.5, 0.6) is 5.75 Å². The Morgan fingerprint density at radius 3 is 3.14 bits per heavy atom. The van der Waals surface area contributed by atoms with Gasteiger partial charge in [0.2, 0.25) is 0 Å². The molecule has 0 aliphatic carbocycles. The number of aromatic nitrogens is 1. The predicted molar refractivity (Wildman–Crippen MR) is 58.6 cm³/mol. The second-order valence-corrected chi connectivity index (χ2v) is 4.19. The first-order chi connectivity index (χ1) is 6.86. The van der Waals surface area contributed by atoms with Crippen LogP contribution in [0, 0.1) is 0 Å². The topological polar surface area (TPSA) is 22.1 Å². The van der Waals surface area contributed by atoms with Crippen molar-refractivity contribution >= 4 is 26.8 Å². The number of nitrogens with zero attached hydrogens (tertiary/aromatic N) is 1. The molecule has 3 rings (SSSR count). The van der Waals surface area contributed by atoms with Crippen molar-refractivity contribution < 1.29 is 4.74 Å². The molecule has 0 spiro atoms. The van der Waals surface area contributed by atoms with Gasteiger partial charge in [-0.05, 0) is 39.7 Å². The molecule has 70 valence electrons. The van der Waals surface area contributed by atoms with E-state index >= 15 is 0 Å². The molecular formula is C11H8BrNO. The standard InChI is InChI=1S/C11H8BrNO/c12-8-1-2-9-10-7(4-6-14-9)3-5-13-11(8)10/h1-3,5H,4,6H2. The zero-order valence-electron chi connectivity index (χ0n) is 7.46. The highest BCUT2D eigenvalue weighted by atomic mass is 79.9. The summed E-state index contributed by atoms with van der Waals surface area (Å²) in [6, 6.07) is 6.05. The summed E-state index contributed by atoms with van der Waals surface area (Å²) in [5.74, 6) is 0.956. The third-order valence-electron chi connectivity index (χ3n) is 2.52. The highest BCUT2D eigenvalue weighted by molar-refractivity contribution is 9.10. The van der Waals surface area contributed by atoms with Crippen LogP contribution in [0.1, 0.15) is 5.56 Å². The fourth-order valence-electron chi connectivity index (χ4n) is 1.87. The summed E-state index contributed by atoms with van der Waals surface area (Å²) < 4.78 is 6.62. The Bertz CT molecular complexity index is 500. The summed E-state index contributed by atoms with van der Waals surface area (Å²) in [6.07, 6.45) is 2.83. The van der Waals surface area contributed by atoms with Crippen molar-refractivity contribution in [3.63, 3.8) is 0 Å². The van der Waals surface area contributed by atoms with E-state index in [4.69, 9.17) is 4.74 Å². The molecule has 0 N–H and O–H groups in total. The van der Waals surface area contributed by atoms with Crippen molar-refractivity contribution in [1.29, 1.82) is 0 Å². The van der Waals surface area contributed by atoms with Gasteiger partial charge in [-0.2, -0.15) is 0 Å². The average Bonchev–Trinajstić information content (AvgIpc) is 2.24. The first kappa shape index (κ1) is 8.24. The van der Waals surface area contributed by atoms with Crippen molar-refractivity contribution in [3.05, 3.63) is 34.4 Å². The zero-order chi connectivity index (χ0) is 9.54. The van der Waals surface area contributed by atoms with E-state index in [-0.39, 0.29) is 0 Å². The van der Waals surface area contributed by atoms with Crippen LogP contribution in [0.15, 0.2) is 28.9 Å². The molecule has 1 aromatic carbocycles. The van der Waals surface area contributed by atoms with Crippen LogP contribution >= 0.6 is 15.9 Å². The maximum Gasteiger partial charge on any atom is 0.129 e. The Morgan fingerprint density at radius 1 is 1.29 bits per heavy atom. The van der Waals surface area contributed by atoms with E-state index in [0.29, 0.717) is 0 Å². The number of pyridine rings is 1. The van der Waals surface area contributed by atoms with E-state index in [1.54, 1.807) is 0 Å². The summed E-state index contributed by atoms with van der Waals surface area (Å²) in [6.45, 7) is 0.772. The van der Waals surface area contributed by atoms with Gasteiger partial charge in [-0.15, -0.1) is 0 Å². The smallest absolute Gasteiger partial charge is 0.129 e. The maximum atomic E-state index is 5.59. The lowest BCUT2D eigenvalue weighted by Crippen LogP contribution is -2.08. The third-order valence-corrected chi connectivity index (χ3v) is 3.16. The molecule has 1 aliphatic heterocycles. The summed E-state index contributed by atoms with van der Waals surface area (Å²) in [5, 5.41) is 1.16. The molecule has 1 aliphatic rings. The fraction of sp³-hybridized carbons (Fsp3) is 0.182. The molecule has 1 aromatic heterocycles. The van der Waals surface area contributed by atoms with Gasteiger partial charge in [0.1, 0.15) is 5.75 Å². The molecule has 3 heteroatoms. The molecule has 0 unspecified atom stereocenters. The molecule has 0 saturated carbocycles. The average molecular weight is 250 g/mol. The lowest BCUT2D eigenvalue weighted by atomic mass is 10.0. The highest BCUT2D eigenvalue weighted by Crippen LogP contribution is 2.35. The van der Waals surface area contributed by atoms with Crippen LogP contribution in [0.4, 0.5) is 0 Å². The Morgan fingerprint density at radius 2 is 2.21 bits per heavy atom. The number of rotatable bonds is 0. The summed E-state index contributed by atoms with van der Waals surface area (Å²) in [7, 11) is 0. The lowest BCUT2D eigenvalue weighted by Gasteiger charge is -2.17. The van der Waals surface area contributed by atoms with Crippen molar-refractivity contribution in [2.75, 3.05) is 6.61 Å². The lowest BCUT2D eigenvalue weighted by molar-refractivity contribution is 0.318. The van der Waals surface area contributed by atoms with Crippen molar-refractivity contribution in [2.45, 2.75) is 6.42 Å². The molecule has 0 bridgehead atoms. The van der Waals surface area contributed by atoms with E-state index in [0.717, 1.165) is 34.2 Å². The molecule has 0 saturated heterocycles. The minimum atomic E-state index is 0.772. The third kappa shape index (κ3) is 1.05. The molecule has 2 heterocycles. The molecule has 0 radical (unpaired) electrons. The Kier molecular flexibility index (Phi) is 1.74. The Balaban J connectivity index is 2.51. The van der Waals surface area contributed by atoms with Gasteiger partial charge >= 0.3 is 0 Å². The van der Waals surface area contributed by atoms with Crippen LogP contribution in [-0.4, -0.2) is 11.6 Å². The van der Waals surface area contributed by atoms with E-state index in [2.05, 4.69) is 27.0 Å². The van der Waals surface area contributed by atoms with E-state index < -0.39 is 0 Å². The molecule has 2 nitrogen and oxygen atoms in total. The van der Waals surface area contributed by atoms with Crippen molar-refractivity contribution in [2.24, 2.45) is 0 Å². The van der Waals surface area contributed by atoms with Gasteiger partial charge in [0.25, 0.3) is 0 Å². The molecule has 2 aromatic rings. The number of hydrogen-bond donors (Lipinski definition) is 0. The monoisotopic (exact) mass is 249 g/mol. The number of hydrogen-bond acceptors (Lipinski definition) is 2. The van der Waals surface area contributed by atoms with Gasteiger partial charge in [-0.1, -0.05) is 0 Å². The van der Waals surface area contributed by atoms with Gasteiger partial charge in [-0.3, -0.25) is 4.98 Å². The minimum absolute atomic E-state index is 0.772. The van der Waals surface area contributed by atoms with Gasteiger partial charge in [-0.25, -0.2) is 0 Å². The SMILES string of the molecule is Brc1ccc2c3c(ccnc13)CCO2. The quantitative estimate of drug-likeness (QED) is 0.717. The van der Waals surface area contributed by atoms with Gasteiger partial charge in [0.05, 0.1) is 12.1 Å². The minimum Gasteiger partial charge on any atom is -0.493 e. The Labute approximate surface area is 90.0 Å². The number of halogens is 1. The molecule has 14 heavy (non-hydrogen) atoms. The first-order valence-electron chi connectivity index (χ1n) is 4.55. The number of benzene rings is 1. The van der Waals surface area contributed by atoms with E-state index in [1.807, 2.05) is 18.3 Å². The number of ether oxygens (including phenoxy) is 1. The van der Waals surface area contributed by atoms with Crippen LogP contribution < -0.4 is 4.74 Å². The molecular weight excluding hydrogens is 242 g/mol. The van der Waals surface area contributed by atoms with E-state index in [1.165, 1.54) is 5.56 Å². The normalized spacial score (nSPS) is 14.1. The maximum absolute atomic E-state index is 5.59. The van der Waals surface area contributed by atoms with E-state index in [9.17, 15) is 0 Å². The van der Waals surface area contributed by atoms with Crippen LogP contribution in [0.3, 0.4) is 0 Å². The van der Waals surface area contributed by atoms with Crippen LogP contribution in [0.25, 0.3) is 10.9 Å². The van der Waals surface area contributed by atoms with Gasteiger partial charge < -0.3 is 4.74 Å². The largest absolute Gasteiger partial charge is 0.493 e. The zero-order valence-corrected chi connectivity index (χ0v) is 9.04. The van der Waals surface area contributed by atoms with Gasteiger partial charge in [0, 0.05) is 22.5 Å². The van der Waals surface area contributed by atoms with Gasteiger partial charge in [0.15, 0.2) is 0 Å². The summed E-state index contributed by atoms with van der Waals surface area (Å²) in [4.78, 5) is 4.36. The van der Waals surface area contributed by atoms with Crippen molar-refractivity contribution in [1.82, 2.24) is 4.98 Å². The summed E-state index contributed by atoms with van der Waals surface area (Å²) >= 11 is 3.50. The Hall–Kier alpha value is -1.09. The highest BCUT2D eigenvalue weighted by Gasteiger charge is 2.14. The molecule has 0 amide bonds. The predicted octanol–water partition coefficient (Wildman–Crippen LogP) is 2.93. The molecule has 0 atom stereocenters. The fourth-order valence-corrected chi connectivity index (χ4v) is 2.30. The van der Waals surface area contributed by atoms with Crippen LogP contribution in [-0.2, 0) is 6.42 Å². The first-order valence-corrected chi connectivity index (χ1v) is 5.34. The second kappa shape index (κ2) is 2.95.